The first kappa shape index (κ1) is 14.1. The van der Waals surface area contributed by atoms with E-state index in [-0.39, 0.29) is 5.82 Å². The van der Waals surface area contributed by atoms with Gasteiger partial charge in [0.05, 0.1) is 5.71 Å². The van der Waals surface area contributed by atoms with Gasteiger partial charge in [-0.25, -0.2) is 4.39 Å². The lowest BCUT2D eigenvalue weighted by Gasteiger charge is -2.10. The highest BCUT2D eigenvalue weighted by Gasteiger charge is 2.04. The fraction of sp³-hybridized carbons (Fsp3) is 0.188. The van der Waals surface area contributed by atoms with Gasteiger partial charge in [0.1, 0.15) is 18.2 Å². The molecule has 0 heterocycles. The van der Waals surface area contributed by atoms with E-state index in [1.807, 2.05) is 25.1 Å². The summed E-state index contributed by atoms with van der Waals surface area (Å²) in [4.78, 5) is 0. The molecule has 0 bridgehead atoms. The molecule has 4 heteroatoms. The van der Waals surface area contributed by atoms with E-state index in [0.717, 1.165) is 22.4 Å². The molecule has 0 aliphatic heterocycles. The van der Waals surface area contributed by atoms with Crippen LogP contribution in [0.4, 0.5) is 4.39 Å². The van der Waals surface area contributed by atoms with Crippen molar-refractivity contribution in [3.63, 3.8) is 0 Å². The van der Waals surface area contributed by atoms with Crippen LogP contribution in [0.25, 0.3) is 0 Å². The molecule has 0 saturated carbocycles. The van der Waals surface area contributed by atoms with Crippen molar-refractivity contribution in [2.45, 2.75) is 20.5 Å². The van der Waals surface area contributed by atoms with Crippen molar-refractivity contribution in [1.29, 1.82) is 0 Å². The van der Waals surface area contributed by atoms with Gasteiger partial charge in [0, 0.05) is 0 Å². The summed E-state index contributed by atoms with van der Waals surface area (Å²) >= 11 is 0. The maximum atomic E-state index is 12.8. The number of aryl methyl sites for hydroxylation is 1. The van der Waals surface area contributed by atoms with Crippen molar-refractivity contribution in [2.24, 2.45) is 5.16 Å². The van der Waals surface area contributed by atoms with Gasteiger partial charge < -0.3 is 9.94 Å². The zero-order chi connectivity index (χ0) is 14.5. The number of halogens is 1. The molecule has 0 spiro atoms. The first-order valence-corrected chi connectivity index (χ1v) is 6.27. The number of hydrogen-bond acceptors (Lipinski definition) is 3. The molecule has 2 aromatic carbocycles. The van der Waals surface area contributed by atoms with E-state index >= 15 is 0 Å². The minimum atomic E-state index is -0.256. The molecule has 104 valence electrons. The third kappa shape index (κ3) is 3.35. The molecule has 0 aliphatic rings. The molecule has 0 unspecified atom stereocenters. The topological polar surface area (TPSA) is 41.8 Å². The van der Waals surface area contributed by atoms with Gasteiger partial charge in [-0.15, -0.1) is 0 Å². The van der Waals surface area contributed by atoms with Gasteiger partial charge in [-0.1, -0.05) is 17.3 Å². The van der Waals surface area contributed by atoms with E-state index in [0.29, 0.717) is 12.3 Å². The van der Waals surface area contributed by atoms with Crippen LogP contribution in [0.3, 0.4) is 0 Å². The normalized spacial score (nSPS) is 11.4. The number of ether oxygens (including phenoxy) is 1. The Morgan fingerprint density at radius 3 is 2.50 bits per heavy atom. The molecule has 0 aromatic heterocycles. The summed E-state index contributed by atoms with van der Waals surface area (Å²) in [6, 6.07) is 11.8. The average molecular weight is 273 g/mol. The van der Waals surface area contributed by atoms with Gasteiger partial charge in [-0.05, 0) is 60.9 Å². The summed E-state index contributed by atoms with van der Waals surface area (Å²) in [5.41, 5.74) is 3.26. The molecule has 1 N–H and O–H groups in total. The van der Waals surface area contributed by atoms with Crippen molar-refractivity contribution in [3.05, 3.63) is 65.0 Å². The summed E-state index contributed by atoms with van der Waals surface area (Å²) in [6.07, 6.45) is 0. The van der Waals surface area contributed by atoms with Crippen molar-refractivity contribution in [3.8, 4) is 5.75 Å². The summed E-state index contributed by atoms with van der Waals surface area (Å²) in [5, 5.41) is 11.9. The second kappa shape index (κ2) is 6.19. The van der Waals surface area contributed by atoms with Crippen LogP contribution in [-0.2, 0) is 6.61 Å². The Kier molecular flexibility index (Phi) is 4.35. The van der Waals surface area contributed by atoms with Crippen molar-refractivity contribution >= 4 is 5.71 Å². The van der Waals surface area contributed by atoms with Crippen LogP contribution in [0.1, 0.15) is 23.6 Å². The van der Waals surface area contributed by atoms with Crippen molar-refractivity contribution in [1.82, 2.24) is 0 Å². The standard InChI is InChI=1S/C16H16FNO2/c1-11-9-14(12(2)18-19)5-8-16(11)20-10-13-3-6-15(17)7-4-13/h3-9,19H,10H2,1-2H3/b18-12+. The summed E-state index contributed by atoms with van der Waals surface area (Å²) in [5.74, 6) is 0.497. The molecule has 0 atom stereocenters. The number of oxime groups is 1. The van der Waals surface area contributed by atoms with E-state index in [2.05, 4.69) is 5.16 Å². The molecule has 3 nitrogen and oxygen atoms in total. The first-order valence-electron chi connectivity index (χ1n) is 6.27. The van der Waals surface area contributed by atoms with Gasteiger partial charge in [-0.2, -0.15) is 0 Å². The van der Waals surface area contributed by atoms with Crippen LogP contribution in [0.5, 0.6) is 5.75 Å². The Labute approximate surface area is 117 Å². The van der Waals surface area contributed by atoms with Gasteiger partial charge in [0.25, 0.3) is 0 Å². The maximum Gasteiger partial charge on any atom is 0.123 e. The quantitative estimate of drug-likeness (QED) is 0.521. The second-order valence-corrected chi connectivity index (χ2v) is 4.58. The largest absolute Gasteiger partial charge is 0.489 e. The maximum absolute atomic E-state index is 12.8. The molecular weight excluding hydrogens is 257 g/mol. The van der Waals surface area contributed by atoms with Gasteiger partial charge in [-0.3, -0.25) is 0 Å². The lowest BCUT2D eigenvalue weighted by molar-refractivity contribution is 0.304. The fourth-order valence-electron chi connectivity index (χ4n) is 1.84. The predicted molar refractivity (Wildman–Crippen MR) is 75.9 cm³/mol. The average Bonchev–Trinajstić information content (AvgIpc) is 2.46. The van der Waals surface area contributed by atoms with Gasteiger partial charge in [0.2, 0.25) is 0 Å². The molecule has 20 heavy (non-hydrogen) atoms. The number of nitrogens with zero attached hydrogens (tertiary/aromatic N) is 1. The monoisotopic (exact) mass is 273 g/mol. The van der Waals surface area contributed by atoms with Gasteiger partial charge in [0.15, 0.2) is 0 Å². The predicted octanol–water partition coefficient (Wildman–Crippen LogP) is 3.91. The highest BCUT2D eigenvalue weighted by Crippen LogP contribution is 2.21. The highest BCUT2D eigenvalue weighted by molar-refractivity contribution is 5.98. The Morgan fingerprint density at radius 1 is 1.20 bits per heavy atom. The molecule has 2 aromatic rings. The highest BCUT2D eigenvalue weighted by atomic mass is 19.1. The van der Waals surface area contributed by atoms with E-state index < -0.39 is 0 Å². The lowest BCUT2D eigenvalue weighted by Crippen LogP contribution is -2.00. The van der Waals surface area contributed by atoms with Crippen LogP contribution in [-0.4, -0.2) is 10.9 Å². The van der Waals surface area contributed by atoms with E-state index in [4.69, 9.17) is 9.94 Å². The smallest absolute Gasteiger partial charge is 0.123 e. The van der Waals surface area contributed by atoms with Crippen LogP contribution < -0.4 is 4.74 Å². The first-order chi connectivity index (χ1) is 9.60. The third-order valence-electron chi connectivity index (χ3n) is 3.05. The third-order valence-corrected chi connectivity index (χ3v) is 3.05. The van der Waals surface area contributed by atoms with Crippen LogP contribution in [0.15, 0.2) is 47.6 Å². The fourth-order valence-corrected chi connectivity index (χ4v) is 1.84. The summed E-state index contributed by atoms with van der Waals surface area (Å²) < 4.78 is 18.5. The zero-order valence-corrected chi connectivity index (χ0v) is 11.4. The Morgan fingerprint density at radius 2 is 1.90 bits per heavy atom. The van der Waals surface area contributed by atoms with Crippen LogP contribution >= 0.6 is 0 Å². The second-order valence-electron chi connectivity index (χ2n) is 4.58. The SMILES string of the molecule is C/C(=N\O)c1ccc(OCc2ccc(F)cc2)c(C)c1. The molecule has 0 amide bonds. The number of hydrogen-bond donors (Lipinski definition) is 1. The van der Waals surface area contributed by atoms with Crippen molar-refractivity contribution in [2.75, 3.05) is 0 Å². The van der Waals surface area contributed by atoms with E-state index in [1.165, 1.54) is 12.1 Å². The Hall–Kier alpha value is -2.36. The van der Waals surface area contributed by atoms with E-state index in [1.54, 1.807) is 19.1 Å². The minimum absolute atomic E-state index is 0.256. The zero-order valence-electron chi connectivity index (χ0n) is 11.4. The van der Waals surface area contributed by atoms with Crippen LogP contribution in [0.2, 0.25) is 0 Å². The van der Waals surface area contributed by atoms with Crippen molar-refractivity contribution < 1.29 is 14.3 Å². The van der Waals surface area contributed by atoms with E-state index in [9.17, 15) is 4.39 Å². The Balaban J connectivity index is 2.08. The molecule has 0 saturated heterocycles. The van der Waals surface area contributed by atoms with Crippen LogP contribution in [0, 0.1) is 12.7 Å². The summed E-state index contributed by atoms with van der Waals surface area (Å²) in [6.45, 7) is 4.04. The van der Waals surface area contributed by atoms with Gasteiger partial charge >= 0.3 is 0 Å². The summed E-state index contributed by atoms with van der Waals surface area (Å²) in [7, 11) is 0. The minimum Gasteiger partial charge on any atom is -0.489 e. The molecule has 0 radical (unpaired) electrons. The molecule has 2 rings (SSSR count). The number of benzene rings is 2. The lowest BCUT2D eigenvalue weighted by atomic mass is 10.1. The molecular formula is C16H16FNO2. The molecule has 0 fully saturated rings. The number of rotatable bonds is 4. The Bertz CT molecular complexity index is 621. The molecule has 0 aliphatic carbocycles.